The molecule has 0 unspecified atom stereocenters. The van der Waals surface area contributed by atoms with Crippen molar-refractivity contribution in [3.05, 3.63) is 47.3 Å². The van der Waals surface area contributed by atoms with Crippen molar-refractivity contribution in [2.45, 2.75) is 23.9 Å². The summed E-state index contributed by atoms with van der Waals surface area (Å²) >= 11 is 1.30. The molecule has 0 amide bonds. The van der Waals surface area contributed by atoms with Crippen molar-refractivity contribution in [1.29, 1.82) is 0 Å². The van der Waals surface area contributed by atoms with Crippen LogP contribution in [0.1, 0.15) is 21.6 Å². The first kappa shape index (κ1) is 13.6. The number of carboxylic acids is 1. The first-order valence-electron chi connectivity index (χ1n) is 6.37. The van der Waals surface area contributed by atoms with Crippen LogP contribution < -0.4 is 0 Å². The van der Waals surface area contributed by atoms with E-state index < -0.39 is 5.97 Å². The Morgan fingerprint density at radius 3 is 2.86 bits per heavy atom. The number of fused-ring (bicyclic) bond motifs is 1. The fraction of sp³-hybridized carbons (Fsp3) is 0.133. The maximum absolute atomic E-state index is 11.3. The number of rotatable bonds is 3. The molecule has 3 aromatic rings. The van der Waals surface area contributed by atoms with Gasteiger partial charge in [0, 0.05) is 16.8 Å². The van der Waals surface area contributed by atoms with Gasteiger partial charge in [0.2, 0.25) is 0 Å². The second-order valence-electron chi connectivity index (χ2n) is 4.79. The molecule has 21 heavy (non-hydrogen) atoms. The van der Waals surface area contributed by atoms with Crippen LogP contribution in [0.3, 0.4) is 0 Å². The molecule has 0 aliphatic carbocycles. The Labute approximate surface area is 125 Å². The zero-order valence-electron chi connectivity index (χ0n) is 11.5. The summed E-state index contributed by atoms with van der Waals surface area (Å²) < 4.78 is 0. The third kappa shape index (κ3) is 2.75. The molecular formula is C15H13N3O2S. The van der Waals surface area contributed by atoms with E-state index in [0.29, 0.717) is 10.1 Å². The van der Waals surface area contributed by atoms with Crippen LogP contribution in [0.5, 0.6) is 0 Å². The van der Waals surface area contributed by atoms with Crippen molar-refractivity contribution in [2.75, 3.05) is 0 Å². The number of hydrogen-bond acceptors (Lipinski definition) is 4. The fourth-order valence-corrected chi connectivity index (χ4v) is 3.03. The lowest BCUT2D eigenvalue weighted by Gasteiger charge is -2.04. The smallest absolute Gasteiger partial charge is 0.338 e. The summed E-state index contributed by atoms with van der Waals surface area (Å²) in [6, 6.07) is 7.72. The van der Waals surface area contributed by atoms with Gasteiger partial charge in [-0.3, -0.25) is 4.98 Å². The first-order chi connectivity index (χ1) is 10.0. The largest absolute Gasteiger partial charge is 0.478 e. The molecule has 0 fully saturated rings. The summed E-state index contributed by atoms with van der Waals surface area (Å²) in [6.45, 7) is 3.85. The van der Waals surface area contributed by atoms with Crippen LogP contribution in [0.2, 0.25) is 0 Å². The van der Waals surface area contributed by atoms with Crippen LogP contribution >= 0.6 is 11.8 Å². The van der Waals surface area contributed by atoms with Crippen LogP contribution in [0.4, 0.5) is 0 Å². The Morgan fingerprint density at radius 1 is 1.29 bits per heavy atom. The maximum atomic E-state index is 11.3. The number of nitrogens with zero attached hydrogens (tertiary/aromatic N) is 2. The van der Waals surface area contributed by atoms with Gasteiger partial charge in [0.25, 0.3) is 0 Å². The number of imidazole rings is 1. The zero-order chi connectivity index (χ0) is 15.0. The topological polar surface area (TPSA) is 78.9 Å². The molecular weight excluding hydrogens is 286 g/mol. The van der Waals surface area contributed by atoms with Crippen LogP contribution in [0.25, 0.3) is 11.0 Å². The molecule has 106 valence electrons. The molecule has 1 aromatic carbocycles. The van der Waals surface area contributed by atoms with E-state index in [2.05, 4.69) is 15.0 Å². The van der Waals surface area contributed by atoms with Crippen LogP contribution in [-0.4, -0.2) is 26.0 Å². The van der Waals surface area contributed by atoms with Crippen molar-refractivity contribution >= 4 is 28.8 Å². The van der Waals surface area contributed by atoms with Crippen molar-refractivity contribution in [3.63, 3.8) is 0 Å². The minimum Gasteiger partial charge on any atom is -0.478 e. The Hall–Kier alpha value is -2.34. The molecule has 0 saturated carbocycles. The molecule has 3 rings (SSSR count). The van der Waals surface area contributed by atoms with Gasteiger partial charge in [-0.25, -0.2) is 9.78 Å². The highest BCUT2D eigenvalue weighted by Gasteiger charge is 2.14. The number of aromatic nitrogens is 3. The summed E-state index contributed by atoms with van der Waals surface area (Å²) in [5.74, 6) is -0.989. The number of aryl methyl sites for hydroxylation is 2. The monoisotopic (exact) mass is 299 g/mol. The lowest BCUT2D eigenvalue weighted by atomic mass is 10.2. The van der Waals surface area contributed by atoms with E-state index in [1.165, 1.54) is 18.0 Å². The summed E-state index contributed by atoms with van der Waals surface area (Å²) in [5.41, 5.74) is 3.91. The number of benzene rings is 1. The quantitative estimate of drug-likeness (QED) is 0.774. The third-order valence-corrected chi connectivity index (χ3v) is 4.00. The van der Waals surface area contributed by atoms with E-state index in [-0.39, 0.29) is 5.56 Å². The summed E-state index contributed by atoms with van der Waals surface area (Å²) in [5, 5.41) is 9.90. The van der Waals surface area contributed by atoms with E-state index in [9.17, 15) is 9.90 Å². The molecule has 0 spiro atoms. The Kier molecular flexibility index (Phi) is 3.39. The van der Waals surface area contributed by atoms with Crippen LogP contribution in [-0.2, 0) is 0 Å². The van der Waals surface area contributed by atoms with Crippen molar-refractivity contribution in [3.8, 4) is 0 Å². The van der Waals surface area contributed by atoms with Crippen LogP contribution in [0.15, 0.2) is 40.5 Å². The summed E-state index contributed by atoms with van der Waals surface area (Å²) in [6.07, 6.45) is 1.38. The number of H-pyrrole nitrogens is 1. The maximum Gasteiger partial charge on any atom is 0.338 e. The van der Waals surface area contributed by atoms with Gasteiger partial charge in [0.1, 0.15) is 0 Å². The lowest BCUT2D eigenvalue weighted by molar-refractivity contribution is 0.0692. The number of aromatic amines is 1. The SMILES string of the molecule is Cc1ccc2nc(Sc3cc(C)ncc3C(=O)O)[nH]c2c1. The number of aromatic carboxylic acids is 1. The lowest BCUT2D eigenvalue weighted by Crippen LogP contribution is -2.00. The molecule has 2 N–H and O–H groups in total. The Balaban J connectivity index is 2.02. The average molecular weight is 299 g/mol. The highest BCUT2D eigenvalue weighted by atomic mass is 32.2. The zero-order valence-corrected chi connectivity index (χ0v) is 12.4. The molecule has 2 aromatic heterocycles. The van der Waals surface area contributed by atoms with E-state index in [1.54, 1.807) is 6.07 Å². The number of carboxylic acid groups (broad SMARTS) is 1. The average Bonchev–Trinajstić information content (AvgIpc) is 2.79. The van der Waals surface area contributed by atoms with Gasteiger partial charge in [-0.2, -0.15) is 0 Å². The molecule has 0 aliphatic rings. The van der Waals surface area contributed by atoms with E-state index in [1.807, 2.05) is 32.0 Å². The standard InChI is InChI=1S/C15H13N3O2S/c1-8-3-4-11-12(5-8)18-15(17-11)21-13-6-9(2)16-7-10(13)14(19)20/h3-7H,1-2H3,(H,17,18)(H,19,20). The highest BCUT2D eigenvalue weighted by Crippen LogP contribution is 2.30. The normalized spacial score (nSPS) is 11.0. The summed E-state index contributed by atoms with van der Waals surface area (Å²) in [4.78, 5) is 23.6. The molecule has 6 heteroatoms. The fourth-order valence-electron chi connectivity index (χ4n) is 2.03. The molecule has 0 radical (unpaired) electrons. The van der Waals surface area contributed by atoms with Gasteiger partial charge in [-0.1, -0.05) is 17.8 Å². The predicted molar refractivity (Wildman–Crippen MR) is 80.9 cm³/mol. The minimum atomic E-state index is -0.989. The first-order valence-corrected chi connectivity index (χ1v) is 7.19. The van der Waals surface area contributed by atoms with Gasteiger partial charge >= 0.3 is 5.97 Å². The van der Waals surface area contributed by atoms with Gasteiger partial charge in [-0.05, 0) is 37.6 Å². The highest BCUT2D eigenvalue weighted by molar-refractivity contribution is 7.99. The van der Waals surface area contributed by atoms with Crippen molar-refractivity contribution < 1.29 is 9.90 Å². The van der Waals surface area contributed by atoms with Gasteiger partial charge in [0.05, 0.1) is 16.6 Å². The number of carbonyl (C=O) groups is 1. The Morgan fingerprint density at radius 2 is 2.10 bits per heavy atom. The predicted octanol–water partition coefficient (Wildman–Crippen LogP) is 3.42. The second kappa shape index (κ2) is 5.21. The molecule has 5 nitrogen and oxygen atoms in total. The van der Waals surface area contributed by atoms with Crippen molar-refractivity contribution in [1.82, 2.24) is 15.0 Å². The van der Waals surface area contributed by atoms with Gasteiger partial charge < -0.3 is 10.1 Å². The number of nitrogens with one attached hydrogen (secondary N) is 1. The van der Waals surface area contributed by atoms with E-state index in [0.717, 1.165) is 22.3 Å². The van der Waals surface area contributed by atoms with E-state index >= 15 is 0 Å². The molecule has 0 atom stereocenters. The molecule has 2 heterocycles. The second-order valence-corrected chi connectivity index (χ2v) is 5.82. The third-order valence-electron chi connectivity index (χ3n) is 3.06. The minimum absolute atomic E-state index is 0.183. The molecule has 0 bridgehead atoms. The summed E-state index contributed by atoms with van der Waals surface area (Å²) in [7, 11) is 0. The van der Waals surface area contributed by atoms with E-state index in [4.69, 9.17) is 0 Å². The van der Waals surface area contributed by atoms with Gasteiger partial charge in [0.15, 0.2) is 5.16 Å². The van der Waals surface area contributed by atoms with Crippen molar-refractivity contribution in [2.24, 2.45) is 0 Å². The number of pyridine rings is 1. The molecule has 0 aliphatic heterocycles. The Bertz CT molecular complexity index is 842. The van der Waals surface area contributed by atoms with Gasteiger partial charge in [-0.15, -0.1) is 0 Å². The number of hydrogen-bond donors (Lipinski definition) is 2. The molecule has 0 saturated heterocycles. The van der Waals surface area contributed by atoms with Crippen LogP contribution in [0, 0.1) is 13.8 Å².